The second-order valence-electron chi connectivity index (χ2n) is 7.92. The monoisotopic (exact) mass is 380 g/mol. The number of amides is 1. The standard InChI is InChI=1S/C22H28N4O2/c1-3-4-7-18-13-26(14-20(28-18)16-8-9-16)22(27)19-12-24-21(25-15(19)2)17-6-5-10-23-11-17/h5-6,10-12,16,18,20H,3-4,7-9,13-14H2,1-2H3/t18-,20-/m1/s1. The summed E-state index contributed by atoms with van der Waals surface area (Å²) in [6.07, 6.45) is 11.2. The van der Waals surface area contributed by atoms with Gasteiger partial charge in [0, 0.05) is 37.2 Å². The number of nitrogens with zero attached hydrogens (tertiary/aromatic N) is 4. The largest absolute Gasteiger partial charge is 0.371 e. The van der Waals surface area contributed by atoms with E-state index in [0.29, 0.717) is 36.1 Å². The van der Waals surface area contributed by atoms with Crippen molar-refractivity contribution in [3.63, 3.8) is 0 Å². The Balaban J connectivity index is 1.52. The van der Waals surface area contributed by atoms with Gasteiger partial charge in [0.25, 0.3) is 5.91 Å². The average Bonchev–Trinajstić information content (AvgIpc) is 3.57. The number of carbonyl (C=O) groups is 1. The molecule has 1 saturated carbocycles. The normalized spacial score (nSPS) is 22.3. The second-order valence-corrected chi connectivity index (χ2v) is 7.92. The molecule has 2 aromatic heterocycles. The maximum Gasteiger partial charge on any atom is 0.257 e. The first-order valence-electron chi connectivity index (χ1n) is 10.3. The Morgan fingerprint density at radius 2 is 2.14 bits per heavy atom. The van der Waals surface area contributed by atoms with Crippen LogP contribution in [-0.2, 0) is 4.74 Å². The molecule has 148 valence electrons. The summed E-state index contributed by atoms with van der Waals surface area (Å²) >= 11 is 0. The van der Waals surface area contributed by atoms with Gasteiger partial charge in [0.2, 0.25) is 0 Å². The highest BCUT2D eigenvalue weighted by molar-refractivity contribution is 5.95. The molecule has 4 rings (SSSR count). The Morgan fingerprint density at radius 3 is 2.82 bits per heavy atom. The predicted octanol–water partition coefficient (Wildman–Crippen LogP) is 3.66. The molecule has 6 nitrogen and oxygen atoms in total. The van der Waals surface area contributed by atoms with E-state index in [0.717, 1.165) is 24.8 Å². The van der Waals surface area contributed by atoms with Crippen molar-refractivity contribution in [3.05, 3.63) is 42.0 Å². The van der Waals surface area contributed by atoms with Crippen LogP contribution in [0.4, 0.5) is 0 Å². The molecule has 6 heteroatoms. The molecule has 1 amide bonds. The molecule has 0 bridgehead atoms. The summed E-state index contributed by atoms with van der Waals surface area (Å²) < 4.78 is 6.30. The Labute approximate surface area is 166 Å². The highest BCUT2D eigenvalue weighted by atomic mass is 16.5. The Morgan fingerprint density at radius 1 is 1.29 bits per heavy atom. The van der Waals surface area contributed by atoms with E-state index in [2.05, 4.69) is 21.9 Å². The SMILES string of the molecule is CCCC[C@@H]1CN(C(=O)c2cnc(-c3cccnc3)nc2C)C[C@H](C2CC2)O1. The highest BCUT2D eigenvalue weighted by Gasteiger charge is 2.39. The van der Waals surface area contributed by atoms with Gasteiger partial charge in [-0.25, -0.2) is 9.97 Å². The maximum absolute atomic E-state index is 13.3. The molecule has 28 heavy (non-hydrogen) atoms. The van der Waals surface area contributed by atoms with Crippen LogP contribution in [0, 0.1) is 12.8 Å². The van der Waals surface area contributed by atoms with Crippen molar-refractivity contribution >= 4 is 5.91 Å². The third kappa shape index (κ3) is 4.22. The molecule has 1 aliphatic heterocycles. The minimum absolute atomic E-state index is 0.0192. The zero-order valence-electron chi connectivity index (χ0n) is 16.7. The molecule has 2 aliphatic rings. The van der Waals surface area contributed by atoms with Gasteiger partial charge >= 0.3 is 0 Å². The summed E-state index contributed by atoms with van der Waals surface area (Å²) in [5.74, 6) is 1.23. The van der Waals surface area contributed by atoms with Crippen molar-refractivity contribution in [1.29, 1.82) is 0 Å². The number of ether oxygens (including phenoxy) is 1. The van der Waals surface area contributed by atoms with E-state index in [4.69, 9.17) is 4.74 Å². The van der Waals surface area contributed by atoms with Crippen LogP contribution in [0.15, 0.2) is 30.7 Å². The van der Waals surface area contributed by atoms with Crippen molar-refractivity contribution < 1.29 is 9.53 Å². The van der Waals surface area contributed by atoms with Gasteiger partial charge in [0.05, 0.1) is 23.5 Å². The molecule has 0 radical (unpaired) electrons. The van der Waals surface area contributed by atoms with Crippen molar-refractivity contribution in [2.45, 2.75) is 58.2 Å². The molecule has 2 fully saturated rings. The number of rotatable bonds is 6. The van der Waals surface area contributed by atoms with E-state index in [9.17, 15) is 4.79 Å². The lowest BCUT2D eigenvalue weighted by atomic mass is 10.1. The molecule has 1 saturated heterocycles. The number of unbranched alkanes of at least 4 members (excludes halogenated alkanes) is 1. The highest BCUT2D eigenvalue weighted by Crippen LogP contribution is 2.37. The molecule has 0 aromatic carbocycles. The van der Waals surface area contributed by atoms with E-state index in [1.165, 1.54) is 12.8 Å². The average molecular weight is 380 g/mol. The molecule has 2 aromatic rings. The lowest BCUT2D eigenvalue weighted by Gasteiger charge is -2.38. The summed E-state index contributed by atoms with van der Waals surface area (Å²) in [4.78, 5) is 28.3. The topological polar surface area (TPSA) is 68.2 Å². The van der Waals surface area contributed by atoms with Crippen molar-refractivity contribution in [1.82, 2.24) is 19.9 Å². The quantitative estimate of drug-likeness (QED) is 0.765. The van der Waals surface area contributed by atoms with Gasteiger partial charge in [-0.05, 0) is 44.2 Å². The van der Waals surface area contributed by atoms with Crippen LogP contribution in [-0.4, -0.2) is 51.1 Å². The number of morpholine rings is 1. The van der Waals surface area contributed by atoms with Crippen LogP contribution >= 0.6 is 0 Å². The van der Waals surface area contributed by atoms with Crippen LogP contribution in [0.1, 0.15) is 55.1 Å². The third-order valence-corrected chi connectivity index (χ3v) is 5.64. The van der Waals surface area contributed by atoms with Crippen LogP contribution in [0.5, 0.6) is 0 Å². The van der Waals surface area contributed by atoms with E-state index < -0.39 is 0 Å². The zero-order valence-corrected chi connectivity index (χ0v) is 16.7. The van der Waals surface area contributed by atoms with Crippen LogP contribution in [0.2, 0.25) is 0 Å². The molecule has 0 spiro atoms. The van der Waals surface area contributed by atoms with Gasteiger partial charge in [-0.3, -0.25) is 9.78 Å². The summed E-state index contributed by atoms with van der Waals surface area (Å²) in [7, 11) is 0. The third-order valence-electron chi connectivity index (χ3n) is 5.64. The first-order chi connectivity index (χ1) is 13.7. The molecular formula is C22H28N4O2. The number of carbonyl (C=O) groups excluding carboxylic acids is 1. The van der Waals surface area contributed by atoms with Gasteiger partial charge < -0.3 is 9.64 Å². The molecule has 0 N–H and O–H groups in total. The minimum Gasteiger partial charge on any atom is -0.371 e. The number of pyridine rings is 1. The van der Waals surface area contributed by atoms with E-state index in [1.54, 1.807) is 18.6 Å². The van der Waals surface area contributed by atoms with Crippen LogP contribution < -0.4 is 0 Å². The minimum atomic E-state index is 0.0192. The Bertz CT molecular complexity index is 823. The Kier molecular flexibility index (Phi) is 5.67. The van der Waals surface area contributed by atoms with Crippen molar-refractivity contribution in [2.75, 3.05) is 13.1 Å². The fourth-order valence-electron chi connectivity index (χ4n) is 3.84. The lowest BCUT2D eigenvalue weighted by Crippen LogP contribution is -2.51. The van der Waals surface area contributed by atoms with Gasteiger partial charge in [-0.15, -0.1) is 0 Å². The fraction of sp³-hybridized carbons (Fsp3) is 0.545. The number of aromatic nitrogens is 3. The van der Waals surface area contributed by atoms with Gasteiger partial charge in [-0.2, -0.15) is 0 Å². The Hall–Kier alpha value is -2.34. The molecular weight excluding hydrogens is 352 g/mol. The molecule has 0 unspecified atom stereocenters. The van der Waals surface area contributed by atoms with Crippen molar-refractivity contribution in [2.24, 2.45) is 5.92 Å². The summed E-state index contributed by atoms with van der Waals surface area (Å²) in [5.41, 5.74) is 2.14. The van der Waals surface area contributed by atoms with E-state index in [-0.39, 0.29) is 18.1 Å². The molecule has 2 atom stereocenters. The summed E-state index contributed by atoms with van der Waals surface area (Å²) in [6, 6.07) is 3.78. The lowest BCUT2D eigenvalue weighted by molar-refractivity contribution is -0.0874. The zero-order chi connectivity index (χ0) is 19.5. The van der Waals surface area contributed by atoms with E-state index >= 15 is 0 Å². The van der Waals surface area contributed by atoms with Gasteiger partial charge in [0.1, 0.15) is 0 Å². The van der Waals surface area contributed by atoms with Crippen LogP contribution in [0.3, 0.4) is 0 Å². The molecule has 1 aliphatic carbocycles. The number of hydrogen-bond acceptors (Lipinski definition) is 5. The predicted molar refractivity (Wildman–Crippen MR) is 107 cm³/mol. The summed E-state index contributed by atoms with van der Waals surface area (Å²) in [6.45, 7) is 5.40. The number of aryl methyl sites for hydroxylation is 1. The maximum atomic E-state index is 13.3. The smallest absolute Gasteiger partial charge is 0.257 e. The van der Waals surface area contributed by atoms with Gasteiger partial charge in [-0.1, -0.05) is 19.8 Å². The van der Waals surface area contributed by atoms with Crippen LogP contribution in [0.25, 0.3) is 11.4 Å². The molecule has 3 heterocycles. The van der Waals surface area contributed by atoms with E-state index in [1.807, 2.05) is 24.0 Å². The second kappa shape index (κ2) is 8.35. The summed E-state index contributed by atoms with van der Waals surface area (Å²) in [5, 5.41) is 0. The number of hydrogen-bond donors (Lipinski definition) is 0. The van der Waals surface area contributed by atoms with Gasteiger partial charge in [0.15, 0.2) is 5.82 Å². The first kappa shape index (κ1) is 19.0. The fourth-order valence-corrected chi connectivity index (χ4v) is 3.84. The van der Waals surface area contributed by atoms with Crippen molar-refractivity contribution in [3.8, 4) is 11.4 Å². The first-order valence-corrected chi connectivity index (χ1v) is 10.3.